The standard InChI is InChI=1S/C12H13NO.C11H11NO2/c1-7-8(2)13-12-5-4-10(9(3)14)6-11(7)12;1-6-7(2)12-10-4-3-8(11(13)14)5-9(6)10/h4-6,13H,1-3H3;3-5,12H,1-2H3,(H,13,14). The number of aromatic carboxylic acids is 1. The fourth-order valence-electron chi connectivity index (χ4n) is 3.27. The number of hydrogen-bond acceptors (Lipinski definition) is 2. The van der Waals surface area contributed by atoms with Crippen molar-refractivity contribution in [2.75, 3.05) is 0 Å². The minimum absolute atomic E-state index is 0.116. The molecule has 4 rings (SSSR count). The van der Waals surface area contributed by atoms with E-state index < -0.39 is 5.97 Å². The summed E-state index contributed by atoms with van der Waals surface area (Å²) in [5, 5.41) is 11.0. The predicted molar refractivity (Wildman–Crippen MR) is 113 cm³/mol. The van der Waals surface area contributed by atoms with E-state index in [4.69, 9.17) is 5.11 Å². The van der Waals surface area contributed by atoms with Crippen LogP contribution in [0.2, 0.25) is 0 Å². The highest BCUT2D eigenvalue weighted by Gasteiger charge is 2.08. The Hall–Kier alpha value is -3.34. The summed E-state index contributed by atoms with van der Waals surface area (Å²) in [6.07, 6.45) is 0. The highest BCUT2D eigenvalue weighted by molar-refractivity contribution is 5.99. The van der Waals surface area contributed by atoms with E-state index in [2.05, 4.69) is 16.9 Å². The van der Waals surface area contributed by atoms with Crippen molar-refractivity contribution in [2.45, 2.75) is 34.6 Å². The van der Waals surface area contributed by atoms with Gasteiger partial charge in [0.05, 0.1) is 5.56 Å². The zero-order valence-corrected chi connectivity index (χ0v) is 16.7. The van der Waals surface area contributed by atoms with Gasteiger partial charge in [-0.15, -0.1) is 0 Å². The van der Waals surface area contributed by atoms with Gasteiger partial charge in [-0.2, -0.15) is 0 Å². The number of ketones is 1. The zero-order chi connectivity index (χ0) is 20.6. The van der Waals surface area contributed by atoms with Crippen molar-refractivity contribution < 1.29 is 14.7 Å². The van der Waals surface area contributed by atoms with Crippen LogP contribution in [0.4, 0.5) is 0 Å². The summed E-state index contributed by atoms with van der Waals surface area (Å²) in [5.74, 6) is -0.768. The van der Waals surface area contributed by atoms with Crippen LogP contribution in [-0.2, 0) is 0 Å². The molecule has 0 unspecified atom stereocenters. The Balaban J connectivity index is 0.000000161. The number of carboxylic acids is 1. The van der Waals surface area contributed by atoms with Crippen LogP contribution in [0.1, 0.15) is 50.2 Å². The van der Waals surface area contributed by atoms with Crippen LogP contribution in [0.3, 0.4) is 0 Å². The molecule has 0 spiro atoms. The molecule has 28 heavy (non-hydrogen) atoms. The first-order valence-corrected chi connectivity index (χ1v) is 9.11. The Morgan fingerprint density at radius 1 is 0.750 bits per heavy atom. The van der Waals surface area contributed by atoms with Crippen LogP contribution in [0.15, 0.2) is 36.4 Å². The number of aromatic nitrogens is 2. The fourth-order valence-corrected chi connectivity index (χ4v) is 3.27. The molecule has 0 amide bonds. The third-order valence-corrected chi connectivity index (χ3v) is 5.27. The molecule has 0 radical (unpaired) electrons. The molecule has 144 valence electrons. The second-order valence-electron chi connectivity index (χ2n) is 7.13. The monoisotopic (exact) mass is 376 g/mol. The van der Waals surface area contributed by atoms with Crippen molar-refractivity contribution in [1.82, 2.24) is 9.97 Å². The molecule has 0 aliphatic carbocycles. The Labute approximate surface area is 163 Å². The normalized spacial score (nSPS) is 10.8. The highest BCUT2D eigenvalue weighted by Crippen LogP contribution is 2.23. The van der Waals surface area contributed by atoms with Gasteiger partial charge in [0.25, 0.3) is 0 Å². The van der Waals surface area contributed by atoms with E-state index >= 15 is 0 Å². The molecular formula is C23H24N2O3. The maximum atomic E-state index is 11.2. The van der Waals surface area contributed by atoms with Gasteiger partial charge in [0.2, 0.25) is 0 Å². The van der Waals surface area contributed by atoms with E-state index in [9.17, 15) is 9.59 Å². The summed E-state index contributed by atoms with van der Waals surface area (Å²) in [6.45, 7) is 9.67. The smallest absolute Gasteiger partial charge is 0.335 e. The molecule has 0 fully saturated rings. The number of hydrogen-bond donors (Lipinski definition) is 3. The summed E-state index contributed by atoms with van der Waals surface area (Å²) < 4.78 is 0. The summed E-state index contributed by atoms with van der Waals surface area (Å²) in [5.41, 5.74) is 7.80. The minimum Gasteiger partial charge on any atom is -0.478 e. The Bertz CT molecular complexity index is 1120. The van der Waals surface area contributed by atoms with E-state index in [1.54, 1.807) is 25.1 Å². The molecule has 4 aromatic rings. The lowest BCUT2D eigenvalue weighted by molar-refractivity contribution is 0.0697. The number of aromatic amines is 2. The molecule has 5 heteroatoms. The van der Waals surface area contributed by atoms with Crippen molar-refractivity contribution in [3.63, 3.8) is 0 Å². The maximum Gasteiger partial charge on any atom is 0.335 e. The molecular weight excluding hydrogens is 352 g/mol. The van der Waals surface area contributed by atoms with E-state index in [1.807, 2.05) is 39.0 Å². The van der Waals surface area contributed by atoms with E-state index in [-0.39, 0.29) is 5.78 Å². The van der Waals surface area contributed by atoms with Crippen molar-refractivity contribution in [1.29, 1.82) is 0 Å². The van der Waals surface area contributed by atoms with Gasteiger partial charge < -0.3 is 15.1 Å². The third kappa shape index (κ3) is 3.56. The number of H-pyrrole nitrogens is 2. The SMILES string of the molecule is CC(=O)c1ccc2[nH]c(C)c(C)c2c1.Cc1[nH]c2ccc(C(=O)O)cc2c1C. The number of fused-ring (bicyclic) bond motifs is 2. The first kappa shape index (κ1) is 19.4. The van der Waals surface area contributed by atoms with Gasteiger partial charge in [-0.25, -0.2) is 4.79 Å². The van der Waals surface area contributed by atoms with Gasteiger partial charge in [0, 0.05) is 38.8 Å². The molecule has 0 saturated carbocycles. The van der Waals surface area contributed by atoms with E-state index in [0.717, 1.165) is 38.6 Å². The molecule has 0 bridgehead atoms. The number of carboxylic acid groups (broad SMARTS) is 1. The maximum absolute atomic E-state index is 11.2. The average Bonchev–Trinajstić information content (AvgIpc) is 3.11. The molecule has 2 heterocycles. The zero-order valence-electron chi connectivity index (χ0n) is 16.7. The van der Waals surface area contributed by atoms with Crippen molar-refractivity contribution in [2.24, 2.45) is 0 Å². The topological polar surface area (TPSA) is 86.0 Å². The number of aryl methyl sites for hydroxylation is 4. The van der Waals surface area contributed by atoms with Crippen LogP contribution in [0.5, 0.6) is 0 Å². The number of rotatable bonds is 2. The van der Waals surface area contributed by atoms with Gasteiger partial charge in [-0.1, -0.05) is 0 Å². The van der Waals surface area contributed by atoms with Crippen molar-refractivity contribution in [3.05, 3.63) is 70.0 Å². The van der Waals surface area contributed by atoms with Gasteiger partial charge in [0.1, 0.15) is 0 Å². The van der Waals surface area contributed by atoms with Crippen LogP contribution >= 0.6 is 0 Å². The lowest BCUT2D eigenvalue weighted by Crippen LogP contribution is -1.94. The number of Topliss-reactive ketones (excluding diaryl/α,β-unsaturated/α-hetero) is 1. The van der Waals surface area contributed by atoms with Crippen molar-refractivity contribution in [3.8, 4) is 0 Å². The number of carbonyl (C=O) groups excluding carboxylic acids is 1. The molecule has 0 aliphatic heterocycles. The lowest BCUT2D eigenvalue weighted by atomic mass is 10.1. The quantitative estimate of drug-likeness (QED) is 0.405. The molecule has 0 saturated heterocycles. The van der Waals surface area contributed by atoms with Gasteiger partial charge in [-0.05, 0) is 82.1 Å². The Kier molecular flexibility index (Phi) is 5.10. The Morgan fingerprint density at radius 3 is 1.61 bits per heavy atom. The lowest BCUT2D eigenvalue weighted by Gasteiger charge is -1.96. The molecule has 0 atom stereocenters. The second-order valence-corrected chi connectivity index (χ2v) is 7.13. The fraction of sp³-hybridized carbons (Fsp3) is 0.217. The summed E-state index contributed by atoms with van der Waals surface area (Å²) in [6, 6.07) is 10.9. The minimum atomic E-state index is -0.884. The molecule has 2 aromatic carbocycles. The summed E-state index contributed by atoms with van der Waals surface area (Å²) >= 11 is 0. The number of nitrogens with one attached hydrogen (secondary N) is 2. The molecule has 2 aromatic heterocycles. The second kappa shape index (κ2) is 7.35. The van der Waals surface area contributed by atoms with E-state index in [0.29, 0.717) is 5.56 Å². The average molecular weight is 376 g/mol. The van der Waals surface area contributed by atoms with Crippen LogP contribution in [0.25, 0.3) is 21.8 Å². The Morgan fingerprint density at radius 2 is 1.18 bits per heavy atom. The number of carbonyl (C=O) groups is 2. The number of benzene rings is 2. The van der Waals surface area contributed by atoms with E-state index in [1.165, 1.54) is 11.3 Å². The predicted octanol–water partition coefficient (Wildman–Crippen LogP) is 5.47. The van der Waals surface area contributed by atoms with Gasteiger partial charge in [0.15, 0.2) is 5.78 Å². The summed E-state index contributed by atoms with van der Waals surface area (Å²) in [7, 11) is 0. The molecule has 5 nitrogen and oxygen atoms in total. The van der Waals surface area contributed by atoms with Crippen molar-refractivity contribution >= 4 is 33.6 Å². The molecule has 3 N–H and O–H groups in total. The first-order valence-electron chi connectivity index (χ1n) is 9.11. The largest absolute Gasteiger partial charge is 0.478 e. The summed E-state index contributed by atoms with van der Waals surface area (Å²) in [4.78, 5) is 28.4. The highest BCUT2D eigenvalue weighted by atomic mass is 16.4. The van der Waals surface area contributed by atoms with Gasteiger partial charge >= 0.3 is 5.97 Å². The first-order chi connectivity index (χ1) is 13.2. The van der Waals surface area contributed by atoms with Gasteiger partial charge in [-0.3, -0.25) is 4.79 Å². The van der Waals surface area contributed by atoms with Crippen LogP contribution < -0.4 is 0 Å². The van der Waals surface area contributed by atoms with Crippen LogP contribution in [0, 0.1) is 27.7 Å². The third-order valence-electron chi connectivity index (χ3n) is 5.27. The van der Waals surface area contributed by atoms with Crippen LogP contribution in [-0.4, -0.2) is 26.8 Å². The molecule has 0 aliphatic rings.